The Morgan fingerprint density at radius 1 is 1.35 bits per heavy atom. The molecule has 6 nitrogen and oxygen atoms in total. The van der Waals surface area contributed by atoms with Crippen LogP contribution in [0.15, 0.2) is 28.8 Å². The largest absolute Gasteiger partial charge is 0.354 e. The van der Waals surface area contributed by atoms with Crippen LogP contribution in [-0.4, -0.2) is 22.6 Å². The summed E-state index contributed by atoms with van der Waals surface area (Å²) >= 11 is 0. The van der Waals surface area contributed by atoms with Crippen LogP contribution < -0.4 is 11.1 Å². The van der Waals surface area contributed by atoms with Gasteiger partial charge in [-0.3, -0.25) is 4.79 Å². The van der Waals surface area contributed by atoms with Gasteiger partial charge in [0.25, 0.3) is 0 Å². The topological polar surface area (TPSA) is 94.0 Å². The van der Waals surface area contributed by atoms with Crippen molar-refractivity contribution in [2.45, 2.75) is 26.3 Å². The molecule has 6 heteroatoms. The van der Waals surface area contributed by atoms with Gasteiger partial charge in [-0.2, -0.15) is 4.98 Å². The van der Waals surface area contributed by atoms with Crippen molar-refractivity contribution >= 4 is 5.91 Å². The molecule has 1 amide bonds. The highest BCUT2D eigenvalue weighted by Gasteiger charge is 2.15. The lowest BCUT2D eigenvalue weighted by Crippen LogP contribution is -2.35. The Kier molecular flexibility index (Phi) is 4.47. The molecule has 0 aliphatic rings. The predicted octanol–water partition coefficient (Wildman–Crippen LogP) is 1.05. The molecular weight excluding hydrogens is 256 g/mol. The first-order chi connectivity index (χ1) is 9.56. The van der Waals surface area contributed by atoms with E-state index in [1.54, 1.807) is 6.92 Å². The summed E-state index contributed by atoms with van der Waals surface area (Å²) in [5, 5.41) is 6.52. The van der Waals surface area contributed by atoms with Crippen LogP contribution in [-0.2, 0) is 11.2 Å². The molecule has 0 aliphatic heterocycles. The second-order valence-electron chi connectivity index (χ2n) is 4.66. The van der Waals surface area contributed by atoms with E-state index in [9.17, 15) is 4.79 Å². The second-order valence-corrected chi connectivity index (χ2v) is 4.66. The zero-order chi connectivity index (χ0) is 14.5. The molecule has 0 saturated carbocycles. The first-order valence-electron chi connectivity index (χ1n) is 6.45. The Morgan fingerprint density at radius 2 is 2.05 bits per heavy atom. The van der Waals surface area contributed by atoms with Gasteiger partial charge in [-0.1, -0.05) is 35.0 Å². The van der Waals surface area contributed by atoms with Gasteiger partial charge in [0.2, 0.25) is 11.8 Å². The standard InChI is InChI=1S/C14H18N4O2/c1-9-3-5-11(6-4-9)13(15)14(19)16-8-7-12-17-10(2)20-18-12/h3-6,13H,7-8,15H2,1-2H3,(H,16,19). The molecule has 1 aromatic heterocycles. The summed E-state index contributed by atoms with van der Waals surface area (Å²) in [5.74, 6) is 0.878. The van der Waals surface area contributed by atoms with Gasteiger partial charge in [-0.25, -0.2) is 0 Å². The van der Waals surface area contributed by atoms with Gasteiger partial charge in [0.05, 0.1) is 0 Å². The Balaban J connectivity index is 1.83. The lowest BCUT2D eigenvalue weighted by molar-refractivity contribution is -0.122. The van der Waals surface area contributed by atoms with E-state index in [0.717, 1.165) is 11.1 Å². The van der Waals surface area contributed by atoms with Crippen molar-refractivity contribution in [3.63, 3.8) is 0 Å². The van der Waals surface area contributed by atoms with Gasteiger partial charge in [0, 0.05) is 19.9 Å². The van der Waals surface area contributed by atoms with Crippen molar-refractivity contribution in [3.05, 3.63) is 47.1 Å². The summed E-state index contributed by atoms with van der Waals surface area (Å²) in [4.78, 5) is 16.0. The van der Waals surface area contributed by atoms with Gasteiger partial charge in [-0.05, 0) is 12.5 Å². The minimum atomic E-state index is -0.664. The van der Waals surface area contributed by atoms with Crippen molar-refractivity contribution < 1.29 is 9.32 Å². The summed E-state index contributed by atoms with van der Waals surface area (Å²) in [6.07, 6.45) is 0.518. The number of hydrogen-bond acceptors (Lipinski definition) is 5. The van der Waals surface area contributed by atoms with E-state index in [1.807, 2.05) is 31.2 Å². The molecule has 0 bridgehead atoms. The summed E-state index contributed by atoms with van der Waals surface area (Å²) in [7, 11) is 0. The molecule has 20 heavy (non-hydrogen) atoms. The Hall–Kier alpha value is -2.21. The van der Waals surface area contributed by atoms with Crippen molar-refractivity contribution in [2.75, 3.05) is 6.54 Å². The molecular formula is C14H18N4O2. The third kappa shape index (κ3) is 3.64. The zero-order valence-electron chi connectivity index (χ0n) is 11.6. The van der Waals surface area contributed by atoms with Crippen LogP contribution in [0.2, 0.25) is 0 Å². The van der Waals surface area contributed by atoms with Crippen LogP contribution in [0.25, 0.3) is 0 Å². The second kappa shape index (κ2) is 6.29. The van der Waals surface area contributed by atoms with E-state index in [4.69, 9.17) is 10.3 Å². The lowest BCUT2D eigenvalue weighted by Gasteiger charge is -2.12. The maximum atomic E-state index is 11.9. The summed E-state index contributed by atoms with van der Waals surface area (Å²) in [6, 6.07) is 6.93. The molecule has 0 radical (unpaired) electrons. The average Bonchev–Trinajstić information content (AvgIpc) is 2.84. The number of carbonyl (C=O) groups is 1. The van der Waals surface area contributed by atoms with Crippen LogP contribution in [0.4, 0.5) is 0 Å². The van der Waals surface area contributed by atoms with Crippen LogP contribution in [0.1, 0.15) is 28.9 Å². The summed E-state index contributed by atoms with van der Waals surface area (Å²) < 4.78 is 4.85. The Bertz CT molecular complexity index is 577. The van der Waals surface area contributed by atoms with E-state index >= 15 is 0 Å². The average molecular weight is 274 g/mol. The lowest BCUT2D eigenvalue weighted by atomic mass is 10.1. The van der Waals surface area contributed by atoms with Gasteiger partial charge >= 0.3 is 0 Å². The molecule has 0 spiro atoms. The fourth-order valence-electron chi connectivity index (χ4n) is 1.78. The number of nitrogens with two attached hydrogens (primary N) is 1. The molecule has 0 aliphatic carbocycles. The molecule has 3 N–H and O–H groups in total. The first kappa shape index (κ1) is 14.2. The van der Waals surface area contributed by atoms with Crippen molar-refractivity contribution in [1.82, 2.24) is 15.5 Å². The minimum Gasteiger partial charge on any atom is -0.354 e. The molecule has 1 heterocycles. The number of benzene rings is 1. The molecule has 106 valence electrons. The maximum absolute atomic E-state index is 11.9. The third-order valence-corrected chi connectivity index (χ3v) is 2.94. The third-order valence-electron chi connectivity index (χ3n) is 2.94. The number of nitrogens with one attached hydrogen (secondary N) is 1. The van der Waals surface area contributed by atoms with Gasteiger partial charge in [0.1, 0.15) is 6.04 Å². The van der Waals surface area contributed by atoms with Crippen LogP contribution in [0, 0.1) is 13.8 Å². The smallest absolute Gasteiger partial charge is 0.241 e. The van der Waals surface area contributed by atoms with E-state index in [1.165, 1.54) is 0 Å². The predicted molar refractivity (Wildman–Crippen MR) is 73.9 cm³/mol. The number of nitrogens with zero attached hydrogens (tertiary/aromatic N) is 2. The summed E-state index contributed by atoms with van der Waals surface area (Å²) in [6.45, 7) is 4.14. The summed E-state index contributed by atoms with van der Waals surface area (Å²) in [5.41, 5.74) is 7.84. The van der Waals surface area contributed by atoms with Crippen molar-refractivity contribution in [2.24, 2.45) is 5.73 Å². The molecule has 1 unspecified atom stereocenters. The number of carbonyl (C=O) groups excluding carboxylic acids is 1. The molecule has 0 saturated heterocycles. The zero-order valence-corrected chi connectivity index (χ0v) is 11.6. The number of rotatable bonds is 5. The highest BCUT2D eigenvalue weighted by atomic mass is 16.5. The molecule has 2 aromatic rings. The van der Waals surface area contributed by atoms with Crippen molar-refractivity contribution in [3.8, 4) is 0 Å². The van der Waals surface area contributed by atoms with E-state index in [-0.39, 0.29) is 5.91 Å². The minimum absolute atomic E-state index is 0.214. The van der Waals surface area contributed by atoms with E-state index < -0.39 is 6.04 Å². The number of hydrogen-bond donors (Lipinski definition) is 2. The van der Waals surface area contributed by atoms with Crippen LogP contribution in [0.3, 0.4) is 0 Å². The normalized spacial score (nSPS) is 12.2. The first-order valence-corrected chi connectivity index (χ1v) is 6.45. The van der Waals surface area contributed by atoms with E-state index in [2.05, 4.69) is 15.5 Å². The molecule has 0 fully saturated rings. The van der Waals surface area contributed by atoms with Gasteiger partial charge in [0.15, 0.2) is 5.82 Å². The Morgan fingerprint density at radius 3 is 2.65 bits per heavy atom. The number of aryl methyl sites for hydroxylation is 2. The molecule has 1 aromatic carbocycles. The monoisotopic (exact) mass is 274 g/mol. The number of aromatic nitrogens is 2. The van der Waals surface area contributed by atoms with Crippen LogP contribution in [0.5, 0.6) is 0 Å². The van der Waals surface area contributed by atoms with E-state index in [0.29, 0.717) is 24.7 Å². The van der Waals surface area contributed by atoms with Crippen LogP contribution >= 0.6 is 0 Å². The fourth-order valence-corrected chi connectivity index (χ4v) is 1.78. The van der Waals surface area contributed by atoms with Gasteiger partial charge < -0.3 is 15.6 Å². The highest BCUT2D eigenvalue weighted by Crippen LogP contribution is 2.11. The highest BCUT2D eigenvalue weighted by molar-refractivity contribution is 5.82. The fraction of sp³-hybridized carbons (Fsp3) is 0.357. The quantitative estimate of drug-likeness (QED) is 0.849. The van der Waals surface area contributed by atoms with Gasteiger partial charge in [-0.15, -0.1) is 0 Å². The van der Waals surface area contributed by atoms with Crippen molar-refractivity contribution in [1.29, 1.82) is 0 Å². The Labute approximate surface area is 117 Å². The number of amides is 1. The molecule has 2 rings (SSSR count). The SMILES string of the molecule is Cc1ccc(C(N)C(=O)NCCc2noc(C)n2)cc1. The maximum Gasteiger partial charge on any atom is 0.241 e. The molecule has 1 atom stereocenters.